The van der Waals surface area contributed by atoms with Gasteiger partial charge in [-0.15, -0.1) is 0 Å². The molecule has 0 amide bonds. The Morgan fingerprint density at radius 2 is 1.75 bits per heavy atom. The van der Waals surface area contributed by atoms with E-state index in [9.17, 15) is 0 Å². The Morgan fingerprint density at radius 1 is 1.06 bits per heavy atom. The zero-order valence-corrected chi connectivity index (χ0v) is 9.91. The van der Waals surface area contributed by atoms with Crippen molar-refractivity contribution < 1.29 is 0 Å². The van der Waals surface area contributed by atoms with Crippen LogP contribution in [0.5, 0.6) is 0 Å². The molecule has 0 aromatic heterocycles. The molecular formula is C14H22N2. The quantitative estimate of drug-likeness (QED) is 0.602. The summed E-state index contributed by atoms with van der Waals surface area (Å²) in [7, 11) is 0. The lowest BCUT2D eigenvalue weighted by Crippen LogP contribution is -2.24. The fourth-order valence-electron chi connectivity index (χ4n) is 2.61. The zero-order valence-electron chi connectivity index (χ0n) is 9.91. The molecule has 1 aliphatic carbocycles. The number of hydrogen-bond acceptors (Lipinski definition) is 2. The van der Waals surface area contributed by atoms with Crippen molar-refractivity contribution in [2.24, 2.45) is 5.84 Å². The molecule has 88 valence electrons. The van der Waals surface area contributed by atoms with Gasteiger partial charge >= 0.3 is 0 Å². The number of nitrogens with two attached hydrogens (primary N) is 1. The summed E-state index contributed by atoms with van der Waals surface area (Å²) in [6, 6.07) is 9.12. The Kier molecular flexibility index (Phi) is 4.37. The van der Waals surface area contributed by atoms with E-state index in [-0.39, 0.29) is 0 Å². The van der Waals surface area contributed by atoms with Gasteiger partial charge in [0.05, 0.1) is 0 Å². The van der Waals surface area contributed by atoms with Crippen LogP contribution >= 0.6 is 0 Å². The van der Waals surface area contributed by atoms with Crippen LogP contribution in [0.1, 0.15) is 49.1 Å². The molecule has 0 saturated heterocycles. The normalized spacial score (nSPS) is 17.6. The largest absolute Gasteiger partial charge is 0.271 e. The highest BCUT2D eigenvalue weighted by Crippen LogP contribution is 2.32. The van der Waals surface area contributed by atoms with Gasteiger partial charge in [-0.1, -0.05) is 43.5 Å². The molecule has 1 aromatic carbocycles. The van der Waals surface area contributed by atoms with Crippen LogP contribution in [0.4, 0.5) is 0 Å². The number of benzene rings is 1. The summed E-state index contributed by atoms with van der Waals surface area (Å²) in [5.41, 5.74) is 5.60. The van der Waals surface area contributed by atoms with Gasteiger partial charge in [0.25, 0.3) is 0 Å². The van der Waals surface area contributed by atoms with E-state index in [1.807, 2.05) is 0 Å². The summed E-state index contributed by atoms with van der Waals surface area (Å²) in [6.07, 6.45) is 8.01. The monoisotopic (exact) mass is 218 g/mol. The van der Waals surface area contributed by atoms with E-state index < -0.39 is 0 Å². The van der Waals surface area contributed by atoms with Gasteiger partial charge in [-0.3, -0.25) is 11.3 Å². The van der Waals surface area contributed by atoms with Crippen molar-refractivity contribution in [3.05, 3.63) is 35.4 Å². The second kappa shape index (κ2) is 6.02. The highest BCUT2D eigenvalue weighted by atomic mass is 15.2. The number of rotatable bonds is 4. The maximum atomic E-state index is 5.27. The fraction of sp³-hybridized carbons (Fsp3) is 0.571. The predicted octanol–water partition coefficient (Wildman–Crippen LogP) is 2.74. The Balaban J connectivity index is 1.95. The molecule has 0 spiro atoms. The van der Waals surface area contributed by atoms with Crippen molar-refractivity contribution in [3.8, 4) is 0 Å². The number of hydrazine groups is 1. The molecule has 0 heterocycles. The van der Waals surface area contributed by atoms with Crippen LogP contribution in [0.3, 0.4) is 0 Å². The van der Waals surface area contributed by atoms with E-state index in [4.69, 9.17) is 5.84 Å². The second-order valence-electron chi connectivity index (χ2n) is 4.78. The van der Waals surface area contributed by atoms with Crippen molar-refractivity contribution >= 4 is 0 Å². The van der Waals surface area contributed by atoms with Crippen LogP contribution in [0.2, 0.25) is 0 Å². The van der Waals surface area contributed by atoms with Crippen LogP contribution < -0.4 is 11.3 Å². The summed E-state index contributed by atoms with van der Waals surface area (Å²) in [5, 5.41) is 0. The number of hydrogen-bond donors (Lipinski definition) is 2. The zero-order chi connectivity index (χ0) is 11.2. The van der Waals surface area contributed by atoms with Crippen LogP contribution in [-0.2, 0) is 6.42 Å². The van der Waals surface area contributed by atoms with E-state index in [0.29, 0.717) is 0 Å². The first kappa shape index (κ1) is 11.6. The van der Waals surface area contributed by atoms with E-state index >= 15 is 0 Å². The Labute approximate surface area is 98.2 Å². The topological polar surface area (TPSA) is 38.0 Å². The third-order valence-electron chi connectivity index (χ3n) is 3.61. The Hall–Kier alpha value is -0.860. The van der Waals surface area contributed by atoms with Gasteiger partial charge in [0, 0.05) is 6.54 Å². The van der Waals surface area contributed by atoms with Gasteiger partial charge in [0.1, 0.15) is 0 Å². The Bertz CT molecular complexity index is 299. The predicted molar refractivity (Wildman–Crippen MR) is 68.2 cm³/mol. The van der Waals surface area contributed by atoms with Gasteiger partial charge in [-0.05, 0) is 36.3 Å². The molecule has 0 aliphatic heterocycles. The minimum absolute atomic E-state index is 0.815. The van der Waals surface area contributed by atoms with Crippen molar-refractivity contribution in [2.75, 3.05) is 6.54 Å². The van der Waals surface area contributed by atoms with Crippen LogP contribution in [0.15, 0.2) is 24.3 Å². The molecule has 0 radical (unpaired) electrons. The summed E-state index contributed by atoms with van der Waals surface area (Å²) in [4.78, 5) is 0. The average Bonchev–Trinajstić information content (AvgIpc) is 2.38. The minimum atomic E-state index is 0.815. The summed E-state index contributed by atoms with van der Waals surface area (Å²) < 4.78 is 0. The van der Waals surface area contributed by atoms with Gasteiger partial charge in [-0.2, -0.15) is 0 Å². The third-order valence-corrected chi connectivity index (χ3v) is 3.61. The van der Waals surface area contributed by atoms with Crippen molar-refractivity contribution in [2.45, 2.75) is 44.4 Å². The first-order valence-corrected chi connectivity index (χ1v) is 6.42. The van der Waals surface area contributed by atoms with Gasteiger partial charge in [-0.25, -0.2) is 0 Å². The van der Waals surface area contributed by atoms with E-state index in [1.54, 1.807) is 0 Å². The highest BCUT2D eigenvalue weighted by molar-refractivity contribution is 5.25. The van der Waals surface area contributed by atoms with Gasteiger partial charge in [0.2, 0.25) is 0 Å². The van der Waals surface area contributed by atoms with Crippen molar-refractivity contribution in [1.29, 1.82) is 0 Å². The van der Waals surface area contributed by atoms with E-state index in [1.165, 1.54) is 43.2 Å². The van der Waals surface area contributed by atoms with Gasteiger partial charge in [0.15, 0.2) is 0 Å². The lowest BCUT2D eigenvalue weighted by molar-refractivity contribution is 0.443. The SMILES string of the molecule is NNCCc1ccc(C2CCCCC2)cc1. The summed E-state index contributed by atoms with van der Waals surface area (Å²) in [6.45, 7) is 0.850. The molecule has 2 nitrogen and oxygen atoms in total. The van der Waals surface area contributed by atoms with E-state index in [2.05, 4.69) is 29.7 Å². The lowest BCUT2D eigenvalue weighted by Gasteiger charge is -2.22. The molecule has 16 heavy (non-hydrogen) atoms. The molecule has 1 aromatic rings. The molecule has 1 fully saturated rings. The number of nitrogens with one attached hydrogen (secondary N) is 1. The first-order valence-electron chi connectivity index (χ1n) is 6.42. The molecule has 0 unspecified atom stereocenters. The first-order chi connectivity index (χ1) is 7.90. The molecule has 0 bridgehead atoms. The van der Waals surface area contributed by atoms with E-state index in [0.717, 1.165) is 18.9 Å². The maximum Gasteiger partial charge on any atom is 0.0138 e. The molecular weight excluding hydrogens is 196 g/mol. The molecule has 2 rings (SSSR count). The fourth-order valence-corrected chi connectivity index (χ4v) is 2.61. The standard InChI is InChI=1S/C14H22N2/c15-16-11-10-12-6-8-14(9-7-12)13-4-2-1-3-5-13/h6-9,13,16H,1-5,10-11,15H2. The summed E-state index contributed by atoms with van der Waals surface area (Å²) in [5.74, 6) is 6.09. The highest BCUT2D eigenvalue weighted by Gasteiger charge is 2.14. The maximum absolute atomic E-state index is 5.27. The summed E-state index contributed by atoms with van der Waals surface area (Å²) >= 11 is 0. The molecule has 0 atom stereocenters. The lowest BCUT2D eigenvalue weighted by atomic mass is 9.84. The van der Waals surface area contributed by atoms with Crippen molar-refractivity contribution in [3.63, 3.8) is 0 Å². The van der Waals surface area contributed by atoms with Crippen LogP contribution in [0.25, 0.3) is 0 Å². The van der Waals surface area contributed by atoms with Crippen molar-refractivity contribution in [1.82, 2.24) is 5.43 Å². The smallest absolute Gasteiger partial charge is 0.0138 e. The third kappa shape index (κ3) is 3.06. The minimum Gasteiger partial charge on any atom is -0.271 e. The molecule has 1 aliphatic rings. The van der Waals surface area contributed by atoms with Crippen LogP contribution in [0, 0.1) is 0 Å². The molecule has 1 saturated carbocycles. The Morgan fingerprint density at radius 3 is 2.38 bits per heavy atom. The second-order valence-corrected chi connectivity index (χ2v) is 4.78. The van der Waals surface area contributed by atoms with Gasteiger partial charge < -0.3 is 0 Å². The molecule has 2 heteroatoms. The molecule has 3 N–H and O–H groups in total. The van der Waals surface area contributed by atoms with Crippen LogP contribution in [-0.4, -0.2) is 6.54 Å². The average molecular weight is 218 g/mol.